The highest BCUT2D eigenvalue weighted by atomic mass is 32.1. The van der Waals surface area contributed by atoms with E-state index >= 15 is 0 Å². The Kier molecular flexibility index (Phi) is 2.63. The predicted octanol–water partition coefficient (Wildman–Crippen LogP) is 3.43. The van der Waals surface area contributed by atoms with Crippen LogP contribution in [0.15, 0.2) is 41.9 Å². The Hall–Kier alpha value is -2.07. The third-order valence-electron chi connectivity index (χ3n) is 3.91. The van der Waals surface area contributed by atoms with Crippen molar-refractivity contribution >= 4 is 28.1 Å². The summed E-state index contributed by atoms with van der Waals surface area (Å²) in [5.74, 6) is 0.120. The van der Waals surface area contributed by atoms with Gasteiger partial charge in [-0.2, -0.15) is 0 Å². The fourth-order valence-corrected chi connectivity index (χ4v) is 3.74. The van der Waals surface area contributed by atoms with Gasteiger partial charge >= 0.3 is 0 Å². The molecule has 0 radical (unpaired) electrons. The minimum atomic E-state index is 0.120. The molecular weight excluding hydrogens is 268 g/mol. The monoisotopic (exact) mass is 282 g/mol. The van der Waals surface area contributed by atoms with Crippen molar-refractivity contribution in [1.82, 2.24) is 9.88 Å². The molecule has 3 heterocycles. The van der Waals surface area contributed by atoms with Gasteiger partial charge in [0.1, 0.15) is 0 Å². The summed E-state index contributed by atoms with van der Waals surface area (Å²) in [6.45, 7) is 1.54. The molecule has 4 rings (SSSR count). The highest BCUT2D eigenvalue weighted by Gasteiger charge is 2.23. The van der Waals surface area contributed by atoms with Crippen molar-refractivity contribution in [2.24, 2.45) is 0 Å². The molecule has 3 nitrogen and oxygen atoms in total. The highest BCUT2D eigenvalue weighted by Crippen LogP contribution is 2.26. The van der Waals surface area contributed by atoms with Crippen molar-refractivity contribution in [3.8, 4) is 0 Å². The molecule has 3 aromatic rings. The molecule has 1 aliphatic rings. The minimum absolute atomic E-state index is 0.120. The highest BCUT2D eigenvalue weighted by molar-refractivity contribution is 7.10. The lowest BCUT2D eigenvalue weighted by Gasteiger charge is -2.27. The molecule has 0 atom stereocenters. The van der Waals surface area contributed by atoms with Gasteiger partial charge in [0.05, 0.1) is 11.1 Å². The number of carbonyl (C=O) groups excluding carboxylic acids is 1. The van der Waals surface area contributed by atoms with Gasteiger partial charge in [0.2, 0.25) is 0 Å². The zero-order valence-electron chi connectivity index (χ0n) is 10.9. The standard InChI is InChI=1S/C16H14N2OS/c19-16(13-3-1-2-11-4-7-17-15(11)13)18-8-5-14-12(10-18)6-9-20-14/h1-4,6-7,9,17H,5,8,10H2. The number of rotatable bonds is 1. The fourth-order valence-electron chi connectivity index (χ4n) is 2.86. The number of aromatic amines is 1. The summed E-state index contributed by atoms with van der Waals surface area (Å²) in [6.07, 6.45) is 2.86. The van der Waals surface area contributed by atoms with Crippen LogP contribution >= 0.6 is 11.3 Å². The molecule has 0 spiro atoms. The minimum Gasteiger partial charge on any atom is -0.361 e. The quantitative estimate of drug-likeness (QED) is 0.729. The van der Waals surface area contributed by atoms with Crippen LogP contribution in [-0.2, 0) is 13.0 Å². The molecule has 0 aliphatic carbocycles. The van der Waals surface area contributed by atoms with Gasteiger partial charge in [0, 0.05) is 29.5 Å². The van der Waals surface area contributed by atoms with Gasteiger partial charge in [-0.3, -0.25) is 4.79 Å². The molecule has 4 heteroatoms. The molecular formula is C16H14N2OS. The van der Waals surface area contributed by atoms with Gasteiger partial charge in [0.15, 0.2) is 0 Å². The smallest absolute Gasteiger partial charge is 0.256 e. The molecule has 0 saturated heterocycles. The van der Waals surface area contributed by atoms with E-state index in [1.54, 1.807) is 11.3 Å². The molecule has 1 amide bonds. The average Bonchev–Trinajstić information content (AvgIpc) is 3.13. The Balaban J connectivity index is 1.70. The van der Waals surface area contributed by atoms with Gasteiger partial charge in [-0.25, -0.2) is 0 Å². The number of nitrogens with one attached hydrogen (secondary N) is 1. The van der Waals surface area contributed by atoms with Crippen molar-refractivity contribution in [3.63, 3.8) is 0 Å². The molecule has 0 unspecified atom stereocenters. The number of benzene rings is 1. The topological polar surface area (TPSA) is 36.1 Å². The Labute approximate surface area is 120 Å². The third-order valence-corrected chi connectivity index (χ3v) is 4.94. The first-order valence-corrected chi connectivity index (χ1v) is 7.61. The third kappa shape index (κ3) is 1.76. The number of hydrogen-bond acceptors (Lipinski definition) is 2. The van der Waals surface area contributed by atoms with Gasteiger partial charge in [0.25, 0.3) is 5.91 Å². The molecule has 0 fully saturated rings. The summed E-state index contributed by atoms with van der Waals surface area (Å²) in [5, 5.41) is 3.20. The zero-order valence-corrected chi connectivity index (χ0v) is 11.7. The summed E-state index contributed by atoms with van der Waals surface area (Å²) in [4.78, 5) is 19.3. The summed E-state index contributed by atoms with van der Waals surface area (Å²) in [5.41, 5.74) is 3.01. The Morgan fingerprint density at radius 3 is 3.15 bits per heavy atom. The normalized spacial score (nSPS) is 14.5. The maximum Gasteiger partial charge on any atom is 0.256 e. The summed E-state index contributed by atoms with van der Waals surface area (Å²) in [6, 6.07) is 10.0. The maximum atomic E-state index is 12.8. The van der Waals surface area contributed by atoms with E-state index in [0.29, 0.717) is 0 Å². The van der Waals surface area contributed by atoms with E-state index in [4.69, 9.17) is 0 Å². The number of amides is 1. The second-order valence-electron chi connectivity index (χ2n) is 5.09. The van der Waals surface area contributed by atoms with Crippen LogP contribution < -0.4 is 0 Å². The number of fused-ring (bicyclic) bond motifs is 2. The molecule has 0 saturated carbocycles. The first-order chi connectivity index (χ1) is 9.83. The van der Waals surface area contributed by atoms with Crippen molar-refractivity contribution in [2.75, 3.05) is 6.54 Å². The van der Waals surface area contributed by atoms with E-state index in [0.717, 1.165) is 36.0 Å². The van der Waals surface area contributed by atoms with E-state index in [9.17, 15) is 4.79 Å². The molecule has 1 aliphatic heterocycles. The molecule has 2 aromatic heterocycles. The molecule has 1 aromatic carbocycles. The number of thiophene rings is 1. The van der Waals surface area contributed by atoms with Crippen LogP contribution in [0.2, 0.25) is 0 Å². The Bertz CT molecular complexity index is 786. The largest absolute Gasteiger partial charge is 0.361 e. The number of carbonyl (C=O) groups is 1. The number of H-pyrrole nitrogens is 1. The van der Waals surface area contributed by atoms with Crippen molar-refractivity contribution < 1.29 is 4.79 Å². The van der Waals surface area contributed by atoms with Crippen LogP contribution in [0.25, 0.3) is 10.9 Å². The second-order valence-corrected chi connectivity index (χ2v) is 6.09. The van der Waals surface area contributed by atoms with Gasteiger partial charge < -0.3 is 9.88 Å². The van der Waals surface area contributed by atoms with Crippen molar-refractivity contribution in [3.05, 3.63) is 57.9 Å². The summed E-state index contributed by atoms with van der Waals surface area (Å²) < 4.78 is 0. The number of hydrogen-bond donors (Lipinski definition) is 1. The van der Waals surface area contributed by atoms with Gasteiger partial charge in [-0.1, -0.05) is 12.1 Å². The van der Waals surface area contributed by atoms with Crippen molar-refractivity contribution in [1.29, 1.82) is 0 Å². The predicted molar refractivity (Wildman–Crippen MR) is 81.1 cm³/mol. The fraction of sp³-hybridized carbons (Fsp3) is 0.188. The van der Waals surface area contributed by atoms with Crippen LogP contribution in [-0.4, -0.2) is 22.3 Å². The van der Waals surface area contributed by atoms with E-state index in [1.165, 1.54) is 10.4 Å². The lowest BCUT2D eigenvalue weighted by atomic mass is 10.1. The van der Waals surface area contributed by atoms with E-state index < -0.39 is 0 Å². The first kappa shape index (κ1) is 11.7. The van der Waals surface area contributed by atoms with Crippen LogP contribution in [0, 0.1) is 0 Å². The lowest BCUT2D eigenvalue weighted by molar-refractivity contribution is 0.0737. The second kappa shape index (κ2) is 4.49. The van der Waals surface area contributed by atoms with Gasteiger partial charge in [-0.15, -0.1) is 11.3 Å². The zero-order chi connectivity index (χ0) is 13.5. The molecule has 1 N–H and O–H groups in total. The van der Waals surface area contributed by atoms with Crippen molar-refractivity contribution in [2.45, 2.75) is 13.0 Å². The maximum absolute atomic E-state index is 12.8. The van der Waals surface area contributed by atoms with Crippen LogP contribution in [0.3, 0.4) is 0 Å². The molecule has 20 heavy (non-hydrogen) atoms. The first-order valence-electron chi connectivity index (χ1n) is 6.73. The average molecular weight is 282 g/mol. The summed E-state index contributed by atoms with van der Waals surface area (Å²) in [7, 11) is 0. The van der Waals surface area contributed by atoms with E-state index in [2.05, 4.69) is 16.4 Å². The molecule has 0 bridgehead atoms. The number of para-hydroxylation sites is 1. The SMILES string of the molecule is O=C(c1cccc2cc[nH]c12)N1CCc2sccc2C1. The van der Waals surface area contributed by atoms with Gasteiger partial charge in [-0.05, 0) is 35.6 Å². The van der Waals surface area contributed by atoms with Crippen LogP contribution in [0.1, 0.15) is 20.8 Å². The lowest BCUT2D eigenvalue weighted by Crippen LogP contribution is -2.35. The number of aromatic nitrogens is 1. The van der Waals surface area contributed by atoms with Crippen LogP contribution in [0.5, 0.6) is 0 Å². The molecule has 100 valence electrons. The van der Waals surface area contributed by atoms with Crippen LogP contribution in [0.4, 0.5) is 0 Å². The Morgan fingerprint density at radius 1 is 1.25 bits per heavy atom. The number of nitrogens with zero attached hydrogens (tertiary/aromatic N) is 1. The summed E-state index contributed by atoms with van der Waals surface area (Å²) >= 11 is 1.79. The van der Waals surface area contributed by atoms with E-state index in [-0.39, 0.29) is 5.91 Å². The van der Waals surface area contributed by atoms with E-state index in [1.807, 2.05) is 35.4 Å². The Morgan fingerprint density at radius 2 is 2.20 bits per heavy atom.